The molecule has 84 valence electrons. The van der Waals surface area contributed by atoms with Gasteiger partial charge in [-0.15, -0.1) is 11.8 Å². The van der Waals surface area contributed by atoms with Gasteiger partial charge >= 0.3 is 0 Å². The van der Waals surface area contributed by atoms with E-state index >= 15 is 0 Å². The first-order valence-corrected chi connectivity index (χ1v) is 6.56. The Morgan fingerprint density at radius 3 is 3.13 bits per heavy atom. The van der Waals surface area contributed by atoms with E-state index in [9.17, 15) is 0 Å². The minimum absolute atomic E-state index is 0.442. The molecule has 0 aromatic carbocycles. The molecular weight excluding hydrogens is 206 g/mol. The number of hydrogen-bond acceptors (Lipinski definition) is 3. The van der Waals surface area contributed by atoms with Crippen LogP contribution in [-0.2, 0) is 13.5 Å². The summed E-state index contributed by atoms with van der Waals surface area (Å²) in [5, 5.41) is 9.25. The van der Waals surface area contributed by atoms with Crippen molar-refractivity contribution in [3.8, 4) is 0 Å². The zero-order valence-corrected chi connectivity index (χ0v) is 10.5. The Morgan fingerprint density at radius 1 is 1.67 bits per heavy atom. The maximum absolute atomic E-state index is 4.49. The highest BCUT2D eigenvalue weighted by atomic mass is 32.2. The smallest absolute Gasteiger partial charge is 0.0825 e. The van der Waals surface area contributed by atoms with Crippen molar-refractivity contribution in [1.82, 2.24) is 15.1 Å². The van der Waals surface area contributed by atoms with Crippen molar-refractivity contribution in [3.05, 3.63) is 17.5 Å². The van der Waals surface area contributed by atoms with Gasteiger partial charge in [-0.3, -0.25) is 4.68 Å². The zero-order chi connectivity index (χ0) is 10.8. The van der Waals surface area contributed by atoms with E-state index in [1.165, 1.54) is 17.7 Å². The molecule has 1 aromatic rings. The molecule has 2 heterocycles. The summed E-state index contributed by atoms with van der Waals surface area (Å²) in [7, 11) is 2.00. The normalized spacial score (nSPS) is 26.9. The minimum Gasteiger partial charge on any atom is -0.301 e. The van der Waals surface area contributed by atoms with Crippen LogP contribution >= 0.6 is 11.8 Å². The highest BCUT2D eigenvalue weighted by molar-refractivity contribution is 8.00. The van der Waals surface area contributed by atoms with Crippen LogP contribution in [-0.4, -0.2) is 21.6 Å². The number of aromatic nitrogens is 2. The lowest BCUT2D eigenvalue weighted by Crippen LogP contribution is -2.29. The largest absolute Gasteiger partial charge is 0.301 e. The van der Waals surface area contributed by atoms with Crippen LogP contribution in [0.2, 0.25) is 0 Å². The molecule has 0 amide bonds. The molecule has 3 nitrogen and oxygen atoms in total. The van der Waals surface area contributed by atoms with Gasteiger partial charge in [-0.05, 0) is 19.4 Å². The second-order valence-electron chi connectivity index (χ2n) is 4.13. The highest BCUT2D eigenvalue weighted by Gasteiger charge is 2.23. The Balaban J connectivity index is 2.19. The monoisotopic (exact) mass is 225 g/mol. The molecular formula is C11H19N3S. The molecule has 1 fully saturated rings. The predicted octanol–water partition coefficient (Wildman–Crippen LogP) is 2.10. The summed E-state index contributed by atoms with van der Waals surface area (Å²) in [6.45, 7) is 5.60. The summed E-state index contributed by atoms with van der Waals surface area (Å²) in [5.41, 5.74) is 2.60. The van der Waals surface area contributed by atoms with Gasteiger partial charge in [0.25, 0.3) is 0 Å². The Kier molecular flexibility index (Phi) is 3.36. The van der Waals surface area contributed by atoms with Gasteiger partial charge in [0.05, 0.1) is 11.1 Å². The number of thioether (sulfide) groups is 1. The first-order valence-electron chi connectivity index (χ1n) is 5.62. The van der Waals surface area contributed by atoms with Gasteiger partial charge in [0.1, 0.15) is 0 Å². The number of rotatable bonds is 2. The fraction of sp³-hybridized carbons (Fsp3) is 0.727. The number of nitrogens with zero attached hydrogens (tertiary/aromatic N) is 2. The van der Waals surface area contributed by atoms with Crippen LogP contribution in [0, 0.1) is 0 Å². The molecule has 15 heavy (non-hydrogen) atoms. The number of hydrogen-bond donors (Lipinski definition) is 1. The first-order chi connectivity index (χ1) is 7.20. The third-order valence-corrected chi connectivity index (χ3v) is 4.20. The van der Waals surface area contributed by atoms with E-state index < -0.39 is 0 Å². The molecule has 1 aliphatic heterocycles. The van der Waals surface area contributed by atoms with Crippen molar-refractivity contribution in [2.24, 2.45) is 7.05 Å². The van der Waals surface area contributed by atoms with Crippen LogP contribution in [0.1, 0.15) is 36.9 Å². The van der Waals surface area contributed by atoms with Crippen molar-refractivity contribution >= 4 is 11.8 Å². The van der Waals surface area contributed by atoms with E-state index in [-0.39, 0.29) is 0 Å². The molecule has 1 N–H and O–H groups in total. The highest BCUT2D eigenvalue weighted by Crippen LogP contribution is 2.35. The Labute approximate surface area is 95.6 Å². The number of aryl methyl sites for hydroxylation is 2. The van der Waals surface area contributed by atoms with Gasteiger partial charge in [-0.1, -0.05) is 13.8 Å². The summed E-state index contributed by atoms with van der Waals surface area (Å²) in [6, 6.07) is 0. The SMILES string of the molecule is CCc1nn(C)cc1C1NCCC(C)S1. The fourth-order valence-electron chi connectivity index (χ4n) is 2.00. The molecule has 0 radical (unpaired) electrons. The Bertz CT molecular complexity index is 335. The van der Waals surface area contributed by atoms with Crippen molar-refractivity contribution in [2.75, 3.05) is 6.54 Å². The zero-order valence-electron chi connectivity index (χ0n) is 9.66. The average molecular weight is 225 g/mol. The van der Waals surface area contributed by atoms with Crippen LogP contribution in [0.5, 0.6) is 0 Å². The third-order valence-electron chi connectivity index (χ3n) is 2.80. The molecule has 1 saturated heterocycles. The van der Waals surface area contributed by atoms with Gasteiger partial charge in [-0.25, -0.2) is 0 Å². The molecule has 2 unspecified atom stereocenters. The lowest BCUT2D eigenvalue weighted by molar-refractivity contribution is 0.602. The molecule has 4 heteroatoms. The van der Waals surface area contributed by atoms with E-state index in [1.54, 1.807) is 0 Å². The standard InChI is InChI=1S/C11H19N3S/c1-4-10-9(7-14(3)13-10)11-12-6-5-8(2)15-11/h7-8,11-12H,4-6H2,1-3H3. The second kappa shape index (κ2) is 4.58. The maximum atomic E-state index is 4.49. The van der Waals surface area contributed by atoms with Gasteiger partial charge in [0, 0.05) is 24.1 Å². The second-order valence-corrected chi connectivity index (χ2v) is 5.68. The van der Waals surface area contributed by atoms with E-state index in [4.69, 9.17) is 0 Å². The summed E-state index contributed by atoms with van der Waals surface area (Å²) in [4.78, 5) is 0. The fourth-order valence-corrected chi connectivity index (χ4v) is 3.27. The van der Waals surface area contributed by atoms with Gasteiger partial charge in [0.2, 0.25) is 0 Å². The molecule has 0 saturated carbocycles. The van der Waals surface area contributed by atoms with E-state index in [1.807, 2.05) is 23.5 Å². The summed E-state index contributed by atoms with van der Waals surface area (Å²) >= 11 is 2.02. The van der Waals surface area contributed by atoms with Crippen molar-refractivity contribution in [1.29, 1.82) is 0 Å². The average Bonchev–Trinajstić information content (AvgIpc) is 2.59. The van der Waals surface area contributed by atoms with Crippen molar-refractivity contribution in [2.45, 2.75) is 37.3 Å². The van der Waals surface area contributed by atoms with Crippen LogP contribution < -0.4 is 5.32 Å². The molecule has 2 atom stereocenters. The summed E-state index contributed by atoms with van der Waals surface area (Å²) in [5.74, 6) is 0. The van der Waals surface area contributed by atoms with Gasteiger partial charge < -0.3 is 5.32 Å². The summed E-state index contributed by atoms with van der Waals surface area (Å²) < 4.78 is 1.93. The predicted molar refractivity (Wildman–Crippen MR) is 65.0 cm³/mol. The molecule has 2 rings (SSSR count). The van der Waals surface area contributed by atoms with E-state index in [0.29, 0.717) is 5.37 Å². The first kappa shape index (κ1) is 11.0. The number of nitrogens with one attached hydrogen (secondary N) is 1. The lowest BCUT2D eigenvalue weighted by Gasteiger charge is -2.27. The van der Waals surface area contributed by atoms with Crippen molar-refractivity contribution < 1.29 is 0 Å². The van der Waals surface area contributed by atoms with E-state index in [2.05, 4.69) is 30.5 Å². The van der Waals surface area contributed by atoms with Crippen LogP contribution in [0.25, 0.3) is 0 Å². The summed E-state index contributed by atoms with van der Waals surface area (Å²) in [6.07, 6.45) is 4.44. The van der Waals surface area contributed by atoms with Gasteiger partial charge in [0.15, 0.2) is 0 Å². The molecule has 0 spiro atoms. The topological polar surface area (TPSA) is 29.9 Å². The molecule has 0 bridgehead atoms. The van der Waals surface area contributed by atoms with Crippen LogP contribution in [0.15, 0.2) is 6.20 Å². The Hall–Kier alpha value is -0.480. The van der Waals surface area contributed by atoms with Gasteiger partial charge in [-0.2, -0.15) is 5.10 Å². The molecule has 0 aliphatic carbocycles. The minimum atomic E-state index is 0.442. The van der Waals surface area contributed by atoms with Crippen molar-refractivity contribution in [3.63, 3.8) is 0 Å². The van der Waals surface area contributed by atoms with Crippen LogP contribution in [0.3, 0.4) is 0 Å². The maximum Gasteiger partial charge on any atom is 0.0825 e. The third kappa shape index (κ3) is 2.37. The molecule has 1 aliphatic rings. The van der Waals surface area contributed by atoms with E-state index in [0.717, 1.165) is 18.2 Å². The quantitative estimate of drug-likeness (QED) is 0.836. The molecule has 1 aromatic heterocycles. The Morgan fingerprint density at radius 2 is 2.47 bits per heavy atom. The van der Waals surface area contributed by atoms with Crippen LogP contribution in [0.4, 0.5) is 0 Å². The lowest BCUT2D eigenvalue weighted by atomic mass is 10.2.